The van der Waals surface area contributed by atoms with Crippen LogP contribution in [-0.2, 0) is 9.53 Å². The lowest BCUT2D eigenvalue weighted by Gasteiger charge is -2.32. The Hall–Kier alpha value is -1.07. The van der Waals surface area contributed by atoms with Crippen LogP contribution >= 0.6 is 15.9 Å². The fourth-order valence-corrected chi connectivity index (χ4v) is 2.63. The first-order chi connectivity index (χ1) is 9.12. The Kier molecular flexibility index (Phi) is 4.82. The van der Waals surface area contributed by atoms with Crippen molar-refractivity contribution >= 4 is 21.9 Å². The molecular weight excluding hydrogens is 312 g/mol. The molecule has 1 N–H and O–H groups in total. The Morgan fingerprint density at radius 3 is 2.79 bits per heavy atom. The van der Waals surface area contributed by atoms with Crippen molar-refractivity contribution in [2.24, 2.45) is 5.41 Å². The van der Waals surface area contributed by atoms with E-state index in [1.54, 1.807) is 0 Å². The van der Waals surface area contributed by atoms with Crippen molar-refractivity contribution in [1.29, 1.82) is 0 Å². The number of ether oxygens (including phenoxy) is 2. The second kappa shape index (κ2) is 6.39. The number of benzene rings is 1. The summed E-state index contributed by atoms with van der Waals surface area (Å²) in [6, 6.07) is 7.55. The van der Waals surface area contributed by atoms with Gasteiger partial charge in [0.2, 0.25) is 0 Å². The lowest BCUT2D eigenvalue weighted by atomic mass is 9.77. The Morgan fingerprint density at radius 2 is 2.16 bits per heavy atom. The number of rotatable bonds is 5. The minimum Gasteiger partial charge on any atom is -0.494 e. The molecule has 0 amide bonds. The zero-order valence-electron chi connectivity index (χ0n) is 10.6. The Labute approximate surface area is 120 Å². The highest BCUT2D eigenvalue weighted by Gasteiger charge is 2.39. The summed E-state index contributed by atoms with van der Waals surface area (Å²) in [4.78, 5) is 11.5. The Bertz CT molecular complexity index is 441. The Morgan fingerprint density at radius 1 is 1.42 bits per heavy atom. The lowest BCUT2D eigenvalue weighted by Crippen LogP contribution is -2.38. The molecule has 0 spiro atoms. The van der Waals surface area contributed by atoms with Crippen LogP contribution in [0.15, 0.2) is 28.7 Å². The maximum atomic E-state index is 11.5. The van der Waals surface area contributed by atoms with Crippen LogP contribution < -0.4 is 4.74 Å². The van der Waals surface area contributed by atoms with Crippen LogP contribution in [0.5, 0.6) is 5.75 Å². The van der Waals surface area contributed by atoms with Crippen LogP contribution in [0.4, 0.5) is 0 Å². The van der Waals surface area contributed by atoms with E-state index in [0.717, 1.165) is 10.2 Å². The first-order valence-electron chi connectivity index (χ1n) is 6.32. The zero-order valence-corrected chi connectivity index (χ0v) is 12.2. The molecule has 0 unspecified atom stereocenters. The van der Waals surface area contributed by atoms with E-state index < -0.39 is 11.4 Å². The summed E-state index contributed by atoms with van der Waals surface area (Å²) in [6.45, 7) is 1.44. The minimum atomic E-state index is -0.742. The monoisotopic (exact) mass is 328 g/mol. The number of carbonyl (C=O) groups is 1. The molecule has 0 saturated carbocycles. The van der Waals surface area contributed by atoms with Crippen molar-refractivity contribution in [3.05, 3.63) is 28.7 Å². The number of carboxylic acid groups (broad SMARTS) is 1. The molecule has 0 aromatic heterocycles. The smallest absolute Gasteiger partial charge is 0.309 e. The van der Waals surface area contributed by atoms with E-state index >= 15 is 0 Å². The van der Waals surface area contributed by atoms with Crippen molar-refractivity contribution < 1.29 is 19.4 Å². The van der Waals surface area contributed by atoms with Gasteiger partial charge < -0.3 is 14.6 Å². The van der Waals surface area contributed by atoms with Crippen molar-refractivity contribution in [3.63, 3.8) is 0 Å². The molecule has 0 radical (unpaired) electrons. The van der Waals surface area contributed by atoms with Gasteiger partial charge in [-0.3, -0.25) is 4.79 Å². The summed E-state index contributed by atoms with van der Waals surface area (Å²) in [7, 11) is 0. The van der Waals surface area contributed by atoms with E-state index in [0.29, 0.717) is 39.1 Å². The predicted molar refractivity (Wildman–Crippen MR) is 74.4 cm³/mol. The number of halogens is 1. The summed E-state index contributed by atoms with van der Waals surface area (Å²) in [5.41, 5.74) is -0.690. The Balaban J connectivity index is 1.91. The zero-order chi connectivity index (χ0) is 13.7. The minimum absolute atomic E-state index is 0.406. The molecule has 1 aromatic carbocycles. The molecule has 5 heteroatoms. The van der Waals surface area contributed by atoms with Gasteiger partial charge in [0.15, 0.2) is 0 Å². The average Bonchev–Trinajstić information content (AvgIpc) is 2.40. The van der Waals surface area contributed by atoms with Crippen molar-refractivity contribution in [2.45, 2.75) is 19.3 Å². The van der Waals surface area contributed by atoms with Gasteiger partial charge in [-0.15, -0.1) is 0 Å². The third-order valence-electron chi connectivity index (χ3n) is 3.55. The standard InChI is InChI=1S/C14H17BrO4/c15-11-2-1-3-12(10-11)19-9-6-14(13(16)17)4-7-18-8-5-14/h1-3,10H,4-9H2,(H,16,17). The van der Waals surface area contributed by atoms with Crippen LogP contribution in [-0.4, -0.2) is 30.9 Å². The van der Waals surface area contributed by atoms with E-state index in [-0.39, 0.29) is 0 Å². The SMILES string of the molecule is O=C(O)C1(CCOc2cccc(Br)c2)CCOCC1. The molecule has 0 aliphatic carbocycles. The molecule has 4 nitrogen and oxygen atoms in total. The van der Waals surface area contributed by atoms with E-state index in [1.165, 1.54) is 0 Å². The highest BCUT2D eigenvalue weighted by atomic mass is 79.9. The highest BCUT2D eigenvalue weighted by molar-refractivity contribution is 9.10. The second-order valence-corrected chi connectivity index (χ2v) is 5.67. The number of hydrogen-bond acceptors (Lipinski definition) is 3. The van der Waals surface area contributed by atoms with Gasteiger partial charge in [0.05, 0.1) is 12.0 Å². The summed E-state index contributed by atoms with van der Waals surface area (Å²) >= 11 is 3.37. The van der Waals surface area contributed by atoms with Gasteiger partial charge >= 0.3 is 5.97 Å². The van der Waals surface area contributed by atoms with Crippen LogP contribution in [0, 0.1) is 5.41 Å². The van der Waals surface area contributed by atoms with Gasteiger partial charge in [0.1, 0.15) is 5.75 Å². The normalized spacial score (nSPS) is 17.9. The van der Waals surface area contributed by atoms with Gasteiger partial charge in [-0.2, -0.15) is 0 Å². The molecule has 0 bridgehead atoms. The largest absolute Gasteiger partial charge is 0.494 e. The van der Waals surface area contributed by atoms with Crippen LogP contribution in [0.25, 0.3) is 0 Å². The van der Waals surface area contributed by atoms with Crippen molar-refractivity contribution in [3.8, 4) is 5.75 Å². The first kappa shape index (κ1) is 14.3. The lowest BCUT2D eigenvalue weighted by molar-refractivity contribution is -0.156. The van der Waals surface area contributed by atoms with Crippen LogP contribution in [0.2, 0.25) is 0 Å². The molecule has 1 aliphatic heterocycles. The van der Waals surface area contributed by atoms with Crippen LogP contribution in [0.1, 0.15) is 19.3 Å². The fourth-order valence-electron chi connectivity index (χ4n) is 2.25. The number of carboxylic acids is 1. The molecule has 1 aromatic rings. The molecule has 1 saturated heterocycles. The van der Waals surface area contributed by atoms with E-state index in [9.17, 15) is 9.90 Å². The highest BCUT2D eigenvalue weighted by Crippen LogP contribution is 2.34. The average molecular weight is 329 g/mol. The van der Waals surface area contributed by atoms with Gasteiger partial charge in [-0.05, 0) is 37.5 Å². The summed E-state index contributed by atoms with van der Waals surface area (Å²) < 4.78 is 11.8. The number of hydrogen-bond donors (Lipinski definition) is 1. The topological polar surface area (TPSA) is 55.8 Å². The molecule has 104 valence electrons. The summed E-state index contributed by atoms with van der Waals surface area (Å²) in [5, 5.41) is 9.41. The maximum absolute atomic E-state index is 11.5. The number of aliphatic carboxylic acids is 1. The molecule has 1 fully saturated rings. The van der Waals surface area contributed by atoms with Gasteiger partial charge in [0.25, 0.3) is 0 Å². The van der Waals surface area contributed by atoms with E-state index in [4.69, 9.17) is 9.47 Å². The summed E-state index contributed by atoms with van der Waals surface area (Å²) in [6.07, 6.45) is 1.63. The van der Waals surface area contributed by atoms with E-state index in [1.807, 2.05) is 24.3 Å². The second-order valence-electron chi connectivity index (χ2n) is 4.75. The van der Waals surface area contributed by atoms with E-state index in [2.05, 4.69) is 15.9 Å². The van der Waals surface area contributed by atoms with Gasteiger partial charge in [0, 0.05) is 17.7 Å². The molecule has 19 heavy (non-hydrogen) atoms. The van der Waals surface area contributed by atoms with Gasteiger partial charge in [-0.1, -0.05) is 22.0 Å². The maximum Gasteiger partial charge on any atom is 0.309 e. The summed E-state index contributed by atoms with van der Waals surface area (Å²) in [5.74, 6) is 0.00983. The third kappa shape index (κ3) is 3.70. The molecule has 0 atom stereocenters. The quantitative estimate of drug-likeness (QED) is 0.902. The van der Waals surface area contributed by atoms with Crippen LogP contribution in [0.3, 0.4) is 0 Å². The molecule has 1 heterocycles. The van der Waals surface area contributed by atoms with Crippen molar-refractivity contribution in [2.75, 3.05) is 19.8 Å². The first-order valence-corrected chi connectivity index (χ1v) is 7.11. The van der Waals surface area contributed by atoms with Gasteiger partial charge in [-0.25, -0.2) is 0 Å². The molecular formula is C14H17BrO4. The fraction of sp³-hybridized carbons (Fsp3) is 0.500. The molecule has 2 rings (SSSR count). The van der Waals surface area contributed by atoms with Crippen molar-refractivity contribution in [1.82, 2.24) is 0 Å². The molecule has 1 aliphatic rings. The predicted octanol–water partition coefficient (Wildman–Crippen LogP) is 3.10. The third-order valence-corrected chi connectivity index (χ3v) is 4.04.